The highest BCUT2D eigenvalue weighted by molar-refractivity contribution is 5.98. The summed E-state index contributed by atoms with van der Waals surface area (Å²) < 4.78 is 19.4. The number of nitrogens with one attached hydrogen (secondary N) is 1. The molecular weight excluding hydrogens is 365 g/mol. The van der Waals surface area contributed by atoms with E-state index in [4.69, 9.17) is 10.5 Å². The Labute approximate surface area is 161 Å². The Morgan fingerprint density at radius 1 is 1.36 bits per heavy atom. The molecule has 0 bridgehead atoms. The van der Waals surface area contributed by atoms with Gasteiger partial charge in [0.2, 0.25) is 0 Å². The van der Waals surface area contributed by atoms with E-state index in [1.807, 2.05) is 0 Å². The van der Waals surface area contributed by atoms with Crippen LogP contribution >= 0.6 is 0 Å². The number of carbonyl (C=O) groups is 2. The Bertz CT molecular complexity index is 919. The number of benzene rings is 1. The van der Waals surface area contributed by atoms with Crippen LogP contribution in [0.5, 0.6) is 0 Å². The van der Waals surface area contributed by atoms with E-state index in [0.717, 1.165) is 0 Å². The molecule has 0 saturated heterocycles. The van der Waals surface area contributed by atoms with Gasteiger partial charge in [0.05, 0.1) is 31.1 Å². The van der Waals surface area contributed by atoms with E-state index in [1.165, 1.54) is 37.6 Å². The van der Waals surface area contributed by atoms with Crippen LogP contribution in [0.25, 0.3) is 0 Å². The topological polar surface area (TPSA) is 123 Å². The Balaban J connectivity index is 1.86. The third-order valence-electron chi connectivity index (χ3n) is 4.96. The van der Waals surface area contributed by atoms with Crippen molar-refractivity contribution in [1.29, 1.82) is 5.26 Å². The second kappa shape index (κ2) is 8.08. The number of nitrogens with zero attached hydrogens (tertiary/aromatic N) is 3. The number of hydrogen-bond donors (Lipinski definition) is 2. The van der Waals surface area contributed by atoms with Gasteiger partial charge in [0, 0.05) is 11.9 Å². The van der Waals surface area contributed by atoms with Gasteiger partial charge in [-0.15, -0.1) is 0 Å². The van der Waals surface area contributed by atoms with Gasteiger partial charge >= 0.3 is 5.97 Å². The Hall–Kier alpha value is -3.41. The summed E-state index contributed by atoms with van der Waals surface area (Å²) in [5.74, 6) is -1.94. The summed E-state index contributed by atoms with van der Waals surface area (Å²) in [5.41, 5.74) is 6.17. The maximum absolute atomic E-state index is 13.1. The lowest BCUT2D eigenvalue weighted by atomic mass is 9.78. The number of methoxy groups -OCH3 is 1. The molecule has 146 valence electrons. The number of esters is 1. The van der Waals surface area contributed by atoms with Gasteiger partial charge in [0.25, 0.3) is 5.91 Å². The fourth-order valence-electron chi connectivity index (χ4n) is 3.49. The standard InChI is InChI=1S/C19H20FN5O3/c1-28-19(27)11-2-7-16(12(8-11)9-21)25-10-15(17(22)26)18(24-25)23-14-5-3-13(20)4-6-14/h3-6,10-12,16H,2,7-8H2,1H3,(H2,22,26)(H,23,24)/t11-,12+,16-/m0/s1. The second-order valence-corrected chi connectivity index (χ2v) is 6.70. The first-order valence-electron chi connectivity index (χ1n) is 8.82. The van der Waals surface area contributed by atoms with E-state index in [2.05, 4.69) is 16.5 Å². The summed E-state index contributed by atoms with van der Waals surface area (Å²) in [4.78, 5) is 23.6. The number of hydrogen-bond acceptors (Lipinski definition) is 6. The molecule has 0 radical (unpaired) electrons. The van der Waals surface area contributed by atoms with E-state index in [0.29, 0.717) is 24.9 Å². The summed E-state index contributed by atoms with van der Waals surface area (Å²) in [7, 11) is 1.33. The number of ether oxygens (including phenoxy) is 1. The molecule has 1 amide bonds. The van der Waals surface area contributed by atoms with E-state index < -0.39 is 11.8 Å². The quantitative estimate of drug-likeness (QED) is 0.763. The molecule has 0 spiro atoms. The number of aromatic nitrogens is 2. The molecule has 9 heteroatoms. The third kappa shape index (κ3) is 3.96. The van der Waals surface area contributed by atoms with E-state index in [1.54, 1.807) is 4.68 Å². The van der Waals surface area contributed by atoms with Crippen LogP contribution in [0.15, 0.2) is 30.5 Å². The van der Waals surface area contributed by atoms with Crippen molar-refractivity contribution in [2.45, 2.75) is 25.3 Å². The molecule has 0 unspecified atom stereocenters. The number of anilines is 2. The smallest absolute Gasteiger partial charge is 0.308 e. The predicted molar refractivity (Wildman–Crippen MR) is 97.9 cm³/mol. The van der Waals surface area contributed by atoms with Crippen molar-refractivity contribution in [3.63, 3.8) is 0 Å². The minimum Gasteiger partial charge on any atom is -0.469 e. The molecule has 1 aliphatic carbocycles. The van der Waals surface area contributed by atoms with Gasteiger partial charge in [-0.3, -0.25) is 14.3 Å². The monoisotopic (exact) mass is 385 g/mol. The lowest BCUT2D eigenvalue weighted by Crippen LogP contribution is -2.31. The fraction of sp³-hybridized carbons (Fsp3) is 0.368. The zero-order valence-electron chi connectivity index (χ0n) is 15.3. The molecular formula is C19H20FN5O3. The first-order chi connectivity index (χ1) is 13.4. The van der Waals surface area contributed by atoms with Crippen molar-refractivity contribution >= 4 is 23.4 Å². The molecule has 1 saturated carbocycles. The zero-order valence-corrected chi connectivity index (χ0v) is 15.3. The normalized spacial score (nSPS) is 21.5. The molecule has 1 heterocycles. The minimum atomic E-state index is -0.674. The van der Waals surface area contributed by atoms with E-state index in [9.17, 15) is 19.2 Å². The average Bonchev–Trinajstić information content (AvgIpc) is 3.12. The first kappa shape index (κ1) is 19.4. The van der Waals surface area contributed by atoms with Crippen molar-refractivity contribution in [1.82, 2.24) is 9.78 Å². The molecule has 1 aromatic heterocycles. The molecule has 3 N–H and O–H groups in total. The van der Waals surface area contributed by atoms with Gasteiger partial charge in [-0.2, -0.15) is 10.4 Å². The molecule has 1 aliphatic rings. The van der Waals surface area contributed by atoms with Gasteiger partial charge < -0.3 is 15.8 Å². The van der Waals surface area contributed by atoms with Crippen molar-refractivity contribution < 1.29 is 18.7 Å². The SMILES string of the molecule is COC(=O)[C@H]1CC[C@H](n2cc(C(N)=O)c(Nc3ccc(F)cc3)n2)[C@@H](C#N)C1. The third-order valence-corrected chi connectivity index (χ3v) is 4.96. The highest BCUT2D eigenvalue weighted by atomic mass is 19.1. The fourth-order valence-corrected chi connectivity index (χ4v) is 3.49. The van der Waals surface area contributed by atoms with Crippen LogP contribution in [-0.2, 0) is 9.53 Å². The number of rotatable bonds is 5. The molecule has 28 heavy (non-hydrogen) atoms. The molecule has 0 aliphatic heterocycles. The van der Waals surface area contributed by atoms with Crippen molar-refractivity contribution in [2.24, 2.45) is 17.6 Å². The summed E-state index contributed by atoms with van der Waals surface area (Å²) in [5, 5.41) is 16.9. The van der Waals surface area contributed by atoms with Gasteiger partial charge in [0.1, 0.15) is 11.4 Å². The Morgan fingerprint density at radius 3 is 2.68 bits per heavy atom. The van der Waals surface area contributed by atoms with Gasteiger partial charge in [-0.1, -0.05) is 0 Å². The largest absolute Gasteiger partial charge is 0.469 e. The van der Waals surface area contributed by atoms with Crippen LogP contribution in [0.4, 0.5) is 15.9 Å². The van der Waals surface area contributed by atoms with Crippen LogP contribution < -0.4 is 11.1 Å². The van der Waals surface area contributed by atoms with Crippen LogP contribution in [-0.4, -0.2) is 28.8 Å². The number of primary amides is 1. The second-order valence-electron chi connectivity index (χ2n) is 6.70. The summed E-state index contributed by atoms with van der Waals surface area (Å²) >= 11 is 0. The number of amides is 1. The highest BCUT2D eigenvalue weighted by Gasteiger charge is 2.36. The van der Waals surface area contributed by atoms with Gasteiger partial charge in [-0.25, -0.2) is 4.39 Å². The van der Waals surface area contributed by atoms with Crippen LogP contribution in [0.1, 0.15) is 35.7 Å². The Kier molecular flexibility index (Phi) is 5.59. The minimum absolute atomic E-state index is 0.163. The van der Waals surface area contributed by atoms with Crippen LogP contribution in [0, 0.1) is 29.0 Å². The van der Waals surface area contributed by atoms with Gasteiger partial charge in [0.15, 0.2) is 5.82 Å². The van der Waals surface area contributed by atoms with Crippen molar-refractivity contribution in [3.8, 4) is 6.07 Å². The number of halogens is 1. The zero-order chi connectivity index (χ0) is 20.3. The summed E-state index contributed by atoms with van der Waals surface area (Å²) in [6.45, 7) is 0. The number of carbonyl (C=O) groups excluding carboxylic acids is 2. The number of nitriles is 1. The first-order valence-corrected chi connectivity index (χ1v) is 8.82. The van der Waals surface area contributed by atoms with E-state index >= 15 is 0 Å². The average molecular weight is 385 g/mol. The van der Waals surface area contributed by atoms with Gasteiger partial charge in [-0.05, 0) is 43.5 Å². The summed E-state index contributed by atoms with van der Waals surface area (Å²) in [6, 6.07) is 7.52. The van der Waals surface area contributed by atoms with Crippen molar-refractivity contribution in [3.05, 3.63) is 41.8 Å². The molecule has 1 fully saturated rings. The number of nitrogens with two attached hydrogens (primary N) is 1. The van der Waals surface area contributed by atoms with Crippen LogP contribution in [0.2, 0.25) is 0 Å². The maximum atomic E-state index is 13.1. The molecule has 3 atom stereocenters. The predicted octanol–water partition coefficient (Wildman–Crippen LogP) is 2.52. The van der Waals surface area contributed by atoms with Crippen LogP contribution in [0.3, 0.4) is 0 Å². The summed E-state index contributed by atoms with van der Waals surface area (Å²) in [6.07, 6.45) is 2.96. The molecule has 8 nitrogen and oxygen atoms in total. The van der Waals surface area contributed by atoms with Crippen molar-refractivity contribution in [2.75, 3.05) is 12.4 Å². The molecule has 3 rings (SSSR count). The molecule has 2 aromatic rings. The Morgan fingerprint density at radius 2 is 2.07 bits per heavy atom. The molecule has 1 aromatic carbocycles. The van der Waals surface area contributed by atoms with E-state index in [-0.39, 0.29) is 35.1 Å². The lowest BCUT2D eigenvalue weighted by molar-refractivity contribution is -0.147. The lowest BCUT2D eigenvalue weighted by Gasteiger charge is -2.31. The highest BCUT2D eigenvalue weighted by Crippen LogP contribution is 2.38. The maximum Gasteiger partial charge on any atom is 0.308 e.